The van der Waals surface area contributed by atoms with Gasteiger partial charge < -0.3 is 0 Å². The Hall–Kier alpha value is -2.09. The molecule has 0 amide bonds. The molecule has 3 rings (SSSR count). The van der Waals surface area contributed by atoms with E-state index >= 15 is 0 Å². The van der Waals surface area contributed by atoms with Crippen molar-refractivity contribution in [3.05, 3.63) is 107 Å². The highest BCUT2D eigenvalue weighted by atomic mass is 35.5. The van der Waals surface area contributed by atoms with Crippen LogP contribution in [-0.2, 0) is 0 Å². The Bertz CT molecular complexity index is 738. The zero-order chi connectivity index (χ0) is 16.8. The van der Waals surface area contributed by atoms with Crippen molar-refractivity contribution >= 4 is 11.6 Å². The second-order valence-electron chi connectivity index (χ2n) is 5.93. The molecule has 3 aromatic rings. The lowest BCUT2D eigenvalue weighted by Gasteiger charge is -2.26. The van der Waals surface area contributed by atoms with Crippen LogP contribution in [0.3, 0.4) is 0 Å². The van der Waals surface area contributed by atoms with Gasteiger partial charge >= 0.3 is 0 Å². The van der Waals surface area contributed by atoms with Crippen molar-refractivity contribution < 1.29 is 0 Å². The molecule has 2 atom stereocenters. The third-order valence-corrected chi connectivity index (χ3v) is 4.57. The standard InChI is InChI=1S/C22H22ClN/c1-2-21(17-9-5-3-6-10-17)24-22(18-11-7-4-8-12-18)19-13-15-20(23)16-14-19/h3-16,21-22,24H,2H2,1H3/t21-,22+/m1/s1. The van der Waals surface area contributed by atoms with Crippen molar-refractivity contribution in [3.63, 3.8) is 0 Å². The van der Waals surface area contributed by atoms with E-state index in [0.29, 0.717) is 6.04 Å². The Balaban J connectivity index is 1.94. The predicted octanol–water partition coefficient (Wildman–Crippen LogP) is 6.17. The molecule has 0 aliphatic heterocycles. The molecule has 122 valence electrons. The Kier molecular flexibility index (Phi) is 5.68. The van der Waals surface area contributed by atoms with Gasteiger partial charge in [-0.05, 0) is 35.2 Å². The van der Waals surface area contributed by atoms with E-state index in [9.17, 15) is 0 Å². The van der Waals surface area contributed by atoms with E-state index < -0.39 is 0 Å². The van der Waals surface area contributed by atoms with E-state index in [0.717, 1.165) is 11.4 Å². The summed E-state index contributed by atoms with van der Waals surface area (Å²) in [6.45, 7) is 2.22. The Morgan fingerprint density at radius 1 is 0.708 bits per heavy atom. The van der Waals surface area contributed by atoms with E-state index in [1.165, 1.54) is 16.7 Å². The smallest absolute Gasteiger partial charge is 0.0581 e. The molecule has 0 saturated heterocycles. The second kappa shape index (κ2) is 8.14. The van der Waals surface area contributed by atoms with Crippen LogP contribution in [0, 0.1) is 0 Å². The van der Waals surface area contributed by atoms with Gasteiger partial charge in [0.2, 0.25) is 0 Å². The molecule has 0 aliphatic carbocycles. The fraction of sp³-hybridized carbons (Fsp3) is 0.182. The summed E-state index contributed by atoms with van der Waals surface area (Å²) in [7, 11) is 0. The minimum Gasteiger partial charge on any atom is -0.299 e. The van der Waals surface area contributed by atoms with Crippen LogP contribution in [-0.4, -0.2) is 0 Å². The van der Waals surface area contributed by atoms with Gasteiger partial charge in [-0.2, -0.15) is 0 Å². The zero-order valence-electron chi connectivity index (χ0n) is 13.8. The Labute approximate surface area is 149 Å². The normalized spacial score (nSPS) is 13.4. The number of hydrogen-bond donors (Lipinski definition) is 1. The summed E-state index contributed by atoms with van der Waals surface area (Å²) >= 11 is 6.07. The Morgan fingerprint density at radius 2 is 1.21 bits per heavy atom. The quantitative estimate of drug-likeness (QED) is 0.568. The van der Waals surface area contributed by atoms with Gasteiger partial charge in [0.05, 0.1) is 6.04 Å². The lowest BCUT2D eigenvalue weighted by atomic mass is 9.95. The van der Waals surface area contributed by atoms with Crippen LogP contribution in [0.1, 0.15) is 42.1 Å². The summed E-state index contributed by atoms with van der Waals surface area (Å²) in [6, 6.07) is 29.7. The summed E-state index contributed by atoms with van der Waals surface area (Å²) in [5.74, 6) is 0. The molecule has 0 spiro atoms. The molecule has 2 heteroatoms. The molecule has 0 saturated carbocycles. The average Bonchev–Trinajstić information content (AvgIpc) is 2.65. The molecule has 0 bridgehead atoms. The zero-order valence-corrected chi connectivity index (χ0v) is 14.6. The lowest BCUT2D eigenvalue weighted by molar-refractivity contribution is 0.474. The molecule has 0 unspecified atom stereocenters. The largest absolute Gasteiger partial charge is 0.299 e. The van der Waals surface area contributed by atoms with E-state index in [2.05, 4.69) is 85.0 Å². The average molecular weight is 336 g/mol. The maximum absolute atomic E-state index is 6.07. The summed E-state index contributed by atoms with van der Waals surface area (Å²) in [5, 5.41) is 4.59. The first-order chi connectivity index (χ1) is 11.8. The molecular weight excluding hydrogens is 314 g/mol. The first kappa shape index (κ1) is 16.8. The predicted molar refractivity (Wildman–Crippen MR) is 102 cm³/mol. The minimum absolute atomic E-state index is 0.133. The number of benzene rings is 3. The summed E-state index contributed by atoms with van der Waals surface area (Å²) in [6.07, 6.45) is 1.03. The van der Waals surface area contributed by atoms with Gasteiger partial charge in [-0.1, -0.05) is 91.3 Å². The highest BCUT2D eigenvalue weighted by molar-refractivity contribution is 6.30. The van der Waals surface area contributed by atoms with Gasteiger partial charge in [-0.3, -0.25) is 5.32 Å². The van der Waals surface area contributed by atoms with Gasteiger partial charge in [0.25, 0.3) is 0 Å². The van der Waals surface area contributed by atoms with Crippen molar-refractivity contribution in [2.75, 3.05) is 0 Å². The lowest BCUT2D eigenvalue weighted by Crippen LogP contribution is -2.27. The SMILES string of the molecule is CC[C@@H](N[C@@H](c1ccccc1)c1ccc(Cl)cc1)c1ccccc1. The fourth-order valence-electron chi connectivity index (χ4n) is 3.02. The second-order valence-corrected chi connectivity index (χ2v) is 6.37. The van der Waals surface area contributed by atoms with Crippen LogP contribution in [0.5, 0.6) is 0 Å². The van der Waals surface area contributed by atoms with Crippen molar-refractivity contribution in [2.24, 2.45) is 0 Å². The van der Waals surface area contributed by atoms with Crippen molar-refractivity contribution in [3.8, 4) is 0 Å². The number of halogens is 1. The van der Waals surface area contributed by atoms with E-state index in [-0.39, 0.29) is 6.04 Å². The van der Waals surface area contributed by atoms with Crippen LogP contribution in [0.4, 0.5) is 0 Å². The summed E-state index contributed by atoms with van der Waals surface area (Å²) in [4.78, 5) is 0. The van der Waals surface area contributed by atoms with E-state index in [1.807, 2.05) is 12.1 Å². The topological polar surface area (TPSA) is 12.0 Å². The highest BCUT2D eigenvalue weighted by Crippen LogP contribution is 2.28. The molecule has 3 aromatic carbocycles. The first-order valence-electron chi connectivity index (χ1n) is 8.39. The van der Waals surface area contributed by atoms with E-state index in [4.69, 9.17) is 11.6 Å². The first-order valence-corrected chi connectivity index (χ1v) is 8.77. The summed E-state index contributed by atoms with van der Waals surface area (Å²) in [5.41, 5.74) is 3.80. The van der Waals surface area contributed by atoms with Gasteiger partial charge in [0.15, 0.2) is 0 Å². The minimum atomic E-state index is 0.133. The molecule has 1 nitrogen and oxygen atoms in total. The van der Waals surface area contributed by atoms with E-state index in [1.54, 1.807) is 0 Å². The maximum atomic E-state index is 6.07. The molecule has 0 heterocycles. The van der Waals surface area contributed by atoms with Gasteiger partial charge in [0.1, 0.15) is 0 Å². The van der Waals surface area contributed by atoms with Crippen LogP contribution in [0.25, 0.3) is 0 Å². The third-order valence-electron chi connectivity index (χ3n) is 4.31. The fourth-order valence-corrected chi connectivity index (χ4v) is 3.15. The molecule has 0 radical (unpaired) electrons. The molecular formula is C22H22ClN. The molecule has 0 fully saturated rings. The van der Waals surface area contributed by atoms with Crippen LogP contribution in [0.15, 0.2) is 84.9 Å². The van der Waals surface area contributed by atoms with Crippen molar-refractivity contribution in [2.45, 2.75) is 25.4 Å². The van der Waals surface area contributed by atoms with Gasteiger partial charge in [-0.15, -0.1) is 0 Å². The van der Waals surface area contributed by atoms with Crippen LogP contribution < -0.4 is 5.32 Å². The van der Waals surface area contributed by atoms with Gasteiger partial charge in [-0.25, -0.2) is 0 Å². The number of rotatable bonds is 6. The molecule has 0 aromatic heterocycles. The van der Waals surface area contributed by atoms with Crippen LogP contribution >= 0.6 is 11.6 Å². The molecule has 24 heavy (non-hydrogen) atoms. The van der Waals surface area contributed by atoms with Crippen molar-refractivity contribution in [1.29, 1.82) is 0 Å². The maximum Gasteiger partial charge on any atom is 0.0581 e. The van der Waals surface area contributed by atoms with Gasteiger partial charge in [0, 0.05) is 11.1 Å². The Morgan fingerprint density at radius 3 is 1.75 bits per heavy atom. The number of nitrogens with one attached hydrogen (secondary N) is 1. The van der Waals surface area contributed by atoms with Crippen molar-refractivity contribution in [1.82, 2.24) is 5.32 Å². The molecule has 1 N–H and O–H groups in total. The number of hydrogen-bond acceptors (Lipinski definition) is 1. The third kappa shape index (κ3) is 4.05. The molecule has 0 aliphatic rings. The monoisotopic (exact) mass is 335 g/mol. The van der Waals surface area contributed by atoms with Crippen LogP contribution in [0.2, 0.25) is 5.02 Å². The highest BCUT2D eigenvalue weighted by Gasteiger charge is 2.18. The summed E-state index contributed by atoms with van der Waals surface area (Å²) < 4.78 is 0.